The minimum absolute atomic E-state index is 0.0797. The van der Waals surface area contributed by atoms with E-state index < -0.39 is 0 Å². The van der Waals surface area contributed by atoms with Crippen LogP contribution in [0.4, 0.5) is 0 Å². The third-order valence-electron chi connectivity index (χ3n) is 2.84. The Morgan fingerprint density at radius 2 is 2.17 bits per heavy atom. The molecule has 0 saturated carbocycles. The van der Waals surface area contributed by atoms with Gasteiger partial charge < -0.3 is 9.84 Å². The van der Waals surface area contributed by atoms with Crippen LogP contribution in [0.3, 0.4) is 0 Å². The van der Waals surface area contributed by atoms with Crippen LogP contribution in [0.2, 0.25) is 0 Å². The molecular weight excluding hydrogens is 246 g/mol. The van der Waals surface area contributed by atoms with Gasteiger partial charge in [-0.25, -0.2) is 0 Å². The predicted octanol–water partition coefficient (Wildman–Crippen LogP) is 1.70. The third kappa shape index (κ3) is 3.82. The minimum atomic E-state index is -0.0797. The highest BCUT2D eigenvalue weighted by molar-refractivity contribution is 7.10. The molecule has 98 valence electrons. The standard InChI is InChI=1S/C14H19NO2S/c1-11-7-15(8-12(2)17-11)9-14-6-13(10-18-14)4-3-5-16/h6,10-12,16H,5,7-9H2,1-2H3. The van der Waals surface area contributed by atoms with Crippen LogP contribution in [-0.2, 0) is 11.3 Å². The van der Waals surface area contributed by atoms with E-state index in [2.05, 4.69) is 36.7 Å². The second kappa shape index (κ2) is 6.35. The molecule has 3 nitrogen and oxygen atoms in total. The molecule has 18 heavy (non-hydrogen) atoms. The van der Waals surface area contributed by atoms with E-state index in [9.17, 15) is 0 Å². The molecule has 0 spiro atoms. The first kappa shape index (κ1) is 13.6. The van der Waals surface area contributed by atoms with E-state index in [4.69, 9.17) is 9.84 Å². The molecule has 2 rings (SSSR count). The van der Waals surface area contributed by atoms with Gasteiger partial charge in [-0.1, -0.05) is 11.8 Å². The Kier molecular flexibility index (Phi) is 4.79. The van der Waals surface area contributed by atoms with Crippen molar-refractivity contribution >= 4 is 11.3 Å². The molecule has 0 aromatic carbocycles. The summed E-state index contributed by atoms with van der Waals surface area (Å²) >= 11 is 1.73. The molecule has 1 aromatic heterocycles. The quantitative estimate of drug-likeness (QED) is 0.826. The molecule has 0 amide bonds. The summed E-state index contributed by atoms with van der Waals surface area (Å²) in [7, 11) is 0. The molecule has 1 aromatic rings. The van der Waals surface area contributed by atoms with Crippen molar-refractivity contribution < 1.29 is 9.84 Å². The average Bonchev–Trinajstić information content (AvgIpc) is 2.72. The lowest BCUT2D eigenvalue weighted by atomic mass is 10.2. The van der Waals surface area contributed by atoms with Crippen LogP contribution in [0.1, 0.15) is 24.3 Å². The first-order valence-corrected chi connectivity index (χ1v) is 7.10. The molecule has 0 radical (unpaired) electrons. The number of rotatable bonds is 2. The highest BCUT2D eigenvalue weighted by Gasteiger charge is 2.22. The number of thiophene rings is 1. The highest BCUT2D eigenvalue weighted by atomic mass is 32.1. The van der Waals surface area contributed by atoms with Gasteiger partial charge in [0.2, 0.25) is 0 Å². The Hall–Kier alpha value is -0.860. The number of nitrogens with zero attached hydrogens (tertiary/aromatic N) is 1. The van der Waals surface area contributed by atoms with E-state index in [0.29, 0.717) is 12.2 Å². The predicted molar refractivity (Wildman–Crippen MR) is 73.6 cm³/mol. The molecule has 1 saturated heterocycles. The smallest absolute Gasteiger partial charge is 0.104 e. The molecule has 0 bridgehead atoms. The topological polar surface area (TPSA) is 32.7 Å². The SMILES string of the molecule is CC1CN(Cc2cc(C#CCO)cs2)CC(C)O1. The van der Waals surface area contributed by atoms with Gasteiger partial charge >= 0.3 is 0 Å². The van der Waals surface area contributed by atoms with E-state index in [1.54, 1.807) is 11.3 Å². The number of morpholine rings is 1. The van der Waals surface area contributed by atoms with Crippen molar-refractivity contribution in [1.82, 2.24) is 4.90 Å². The Morgan fingerprint density at radius 1 is 1.44 bits per heavy atom. The summed E-state index contributed by atoms with van der Waals surface area (Å²) in [6.07, 6.45) is 0.615. The summed E-state index contributed by atoms with van der Waals surface area (Å²) in [4.78, 5) is 3.74. The largest absolute Gasteiger partial charge is 0.384 e. The van der Waals surface area contributed by atoms with E-state index in [-0.39, 0.29) is 6.61 Å². The van der Waals surface area contributed by atoms with E-state index in [0.717, 1.165) is 25.2 Å². The van der Waals surface area contributed by atoms with Crippen molar-refractivity contribution in [3.63, 3.8) is 0 Å². The van der Waals surface area contributed by atoms with Crippen molar-refractivity contribution in [2.24, 2.45) is 0 Å². The second-order valence-electron chi connectivity index (χ2n) is 4.71. The molecule has 2 unspecified atom stereocenters. The number of ether oxygens (including phenoxy) is 1. The minimum Gasteiger partial charge on any atom is -0.384 e. The van der Waals surface area contributed by atoms with Crippen LogP contribution in [0.5, 0.6) is 0 Å². The van der Waals surface area contributed by atoms with Gasteiger partial charge in [0.1, 0.15) is 6.61 Å². The fraction of sp³-hybridized carbons (Fsp3) is 0.571. The van der Waals surface area contributed by atoms with Gasteiger partial charge in [0.15, 0.2) is 0 Å². The van der Waals surface area contributed by atoms with Gasteiger partial charge in [0, 0.05) is 35.5 Å². The maximum atomic E-state index is 8.66. The third-order valence-corrected chi connectivity index (χ3v) is 3.76. The lowest BCUT2D eigenvalue weighted by Crippen LogP contribution is -2.44. The number of hydrogen-bond donors (Lipinski definition) is 1. The van der Waals surface area contributed by atoms with Gasteiger partial charge in [0.25, 0.3) is 0 Å². The van der Waals surface area contributed by atoms with Gasteiger partial charge in [-0.05, 0) is 19.9 Å². The van der Waals surface area contributed by atoms with Crippen LogP contribution in [-0.4, -0.2) is 41.9 Å². The van der Waals surface area contributed by atoms with Crippen molar-refractivity contribution in [3.05, 3.63) is 21.9 Å². The lowest BCUT2D eigenvalue weighted by Gasteiger charge is -2.34. The summed E-state index contributed by atoms with van der Waals surface area (Å²) < 4.78 is 5.72. The zero-order valence-corrected chi connectivity index (χ0v) is 11.7. The van der Waals surface area contributed by atoms with Crippen molar-refractivity contribution in [3.8, 4) is 11.8 Å². The Balaban J connectivity index is 1.94. The summed E-state index contributed by atoms with van der Waals surface area (Å²) in [6.45, 7) is 7.09. The van der Waals surface area contributed by atoms with Crippen LogP contribution in [0.25, 0.3) is 0 Å². The zero-order chi connectivity index (χ0) is 13.0. The average molecular weight is 265 g/mol. The van der Waals surface area contributed by atoms with Crippen LogP contribution >= 0.6 is 11.3 Å². The fourth-order valence-corrected chi connectivity index (χ4v) is 3.16. The molecule has 1 fully saturated rings. The van der Waals surface area contributed by atoms with Crippen molar-refractivity contribution in [2.45, 2.75) is 32.6 Å². The van der Waals surface area contributed by atoms with Crippen molar-refractivity contribution in [1.29, 1.82) is 0 Å². The normalized spacial score (nSPS) is 24.6. The maximum absolute atomic E-state index is 8.66. The Morgan fingerprint density at radius 3 is 2.83 bits per heavy atom. The van der Waals surface area contributed by atoms with Crippen LogP contribution < -0.4 is 0 Å². The van der Waals surface area contributed by atoms with E-state index in [1.165, 1.54) is 4.88 Å². The number of hydrogen-bond acceptors (Lipinski definition) is 4. The molecule has 1 aliphatic heterocycles. The van der Waals surface area contributed by atoms with E-state index >= 15 is 0 Å². The van der Waals surface area contributed by atoms with E-state index in [1.807, 2.05) is 5.38 Å². The molecule has 2 atom stereocenters. The molecule has 4 heteroatoms. The molecule has 1 aliphatic rings. The summed E-state index contributed by atoms with van der Waals surface area (Å²) in [6, 6.07) is 2.11. The highest BCUT2D eigenvalue weighted by Crippen LogP contribution is 2.19. The summed E-state index contributed by atoms with van der Waals surface area (Å²) in [5.41, 5.74) is 0.999. The number of aliphatic hydroxyl groups is 1. The van der Waals surface area contributed by atoms with Crippen LogP contribution in [0, 0.1) is 11.8 Å². The monoisotopic (exact) mass is 265 g/mol. The molecule has 0 aliphatic carbocycles. The molecular formula is C14H19NO2S. The van der Waals surface area contributed by atoms with Gasteiger partial charge in [-0.3, -0.25) is 4.90 Å². The fourth-order valence-electron chi connectivity index (χ4n) is 2.30. The molecule has 1 N–H and O–H groups in total. The lowest BCUT2D eigenvalue weighted by molar-refractivity contribution is -0.0702. The second-order valence-corrected chi connectivity index (χ2v) is 5.71. The van der Waals surface area contributed by atoms with Gasteiger partial charge in [-0.2, -0.15) is 0 Å². The summed E-state index contributed by atoms with van der Waals surface area (Å²) in [5, 5.41) is 10.7. The zero-order valence-electron chi connectivity index (χ0n) is 10.8. The molecule has 2 heterocycles. The Bertz CT molecular complexity index is 436. The van der Waals surface area contributed by atoms with Crippen molar-refractivity contribution in [2.75, 3.05) is 19.7 Å². The number of aliphatic hydroxyl groups excluding tert-OH is 1. The first-order valence-electron chi connectivity index (χ1n) is 6.22. The maximum Gasteiger partial charge on any atom is 0.104 e. The first-order chi connectivity index (χ1) is 8.67. The van der Waals surface area contributed by atoms with Crippen LogP contribution in [0.15, 0.2) is 11.4 Å². The summed E-state index contributed by atoms with van der Waals surface area (Å²) in [5.74, 6) is 5.61. The van der Waals surface area contributed by atoms with Gasteiger partial charge in [0.05, 0.1) is 12.2 Å². The Labute approximate surface area is 112 Å². The van der Waals surface area contributed by atoms with Gasteiger partial charge in [-0.15, -0.1) is 11.3 Å².